The van der Waals surface area contributed by atoms with E-state index < -0.39 is 0 Å². The molecule has 0 radical (unpaired) electrons. The van der Waals surface area contributed by atoms with Gasteiger partial charge in [0.1, 0.15) is 10.2 Å². The van der Waals surface area contributed by atoms with Crippen molar-refractivity contribution in [2.75, 3.05) is 14.1 Å². The smallest absolute Gasteiger partial charge is 0.271 e. The van der Waals surface area contributed by atoms with E-state index in [1.54, 1.807) is 15.9 Å². The number of hydrogen-bond donors (Lipinski definition) is 0. The highest BCUT2D eigenvalue weighted by Gasteiger charge is 2.25. The average molecular weight is 290 g/mol. The van der Waals surface area contributed by atoms with Crippen LogP contribution in [-0.4, -0.2) is 34.1 Å². The first kappa shape index (κ1) is 13.5. The van der Waals surface area contributed by atoms with Crippen LogP contribution in [0.5, 0.6) is 0 Å². The van der Waals surface area contributed by atoms with Gasteiger partial charge >= 0.3 is 5.56 Å². The first-order chi connectivity index (χ1) is 9.50. The van der Waals surface area contributed by atoms with E-state index in [2.05, 4.69) is 4.98 Å². The first-order valence-electron chi connectivity index (χ1n) is 7.06. The molecule has 4 nitrogen and oxygen atoms in total. The monoisotopic (exact) mass is 290 g/mol. The molecule has 1 aliphatic carbocycles. The standard InChI is InChI=1S/C15H20N3OS/c1-9-16-14-13(11-7-5-6-8-12(11)20-14)15(19)18(9)10(2)17(3)4/h5-8H2,1-4H3/q+1. The van der Waals surface area contributed by atoms with Crippen molar-refractivity contribution in [3.63, 3.8) is 0 Å². The minimum Gasteiger partial charge on any atom is -0.271 e. The van der Waals surface area contributed by atoms with Crippen LogP contribution < -0.4 is 5.56 Å². The van der Waals surface area contributed by atoms with Gasteiger partial charge in [0.25, 0.3) is 5.84 Å². The molecule has 0 aromatic carbocycles. The fourth-order valence-electron chi connectivity index (χ4n) is 2.89. The van der Waals surface area contributed by atoms with Gasteiger partial charge in [-0.3, -0.25) is 4.58 Å². The summed E-state index contributed by atoms with van der Waals surface area (Å²) in [5, 5.41) is 0.858. The molecule has 106 valence electrons. The Balaban J connectivity index is 2.40. The molecule has 2 aromatic rings. The average Bonchev–Trinajstić information content (AvgIpc) is 2.76. The molecule has 2 aromatic heterocycles. The normalized spacial score (nSPS) is 14.4. The molecular formula is C15H20N3OS+. The SMILES string of the molecule is CC(n1c(C)nc2sc3c(c2c1=O)CCCC3)=[N+](C)C. The lowest BCUT2D eigenvalue weighted by atomic mass is 9.97. The molecule has 0 bridgehead atoms. The van der Waals surface area contributed by atoms with Crippen LogP contribution in [0, 0.1) is 6.92 Å². The first-order valence-corrected chi connectivity index (χ1v) is 7.87. The van der Waals surface area contributed by atoms with E-state index in [9.17, 15) is 4.79 Å². The highest BCUT2D eigenvalue weighted by Crippen LogP contribution is 2.33. The van der Waals surface area contributed by atoms with Crippen LogP contribution in [0.15, 0.2) is 4.79 Å². The van der Waals surface area contributed by atoms with Gasteiger partial charge in [-0.05, 0) is 31.2 Å². The minimum absolute atomic E-state index is 0.0955. The summed E-state index contributed by atoms with van der Waals surface area (Å²) in [5.41, 5.74) is 1.35. The van der Waals surface area contributed by atoms with E-state index in [4.69, 9.17) is 0 Å². The molecule has 3 rings (SSSR count). The maximum Gasteiger partial charge on any atom is 0.350 e. The Morgan fingerprint density at radius 2 is 2.00 bits per heavy atom. The van der Waals surface area contributed by atoms with Crippen molar-refractivity contribution in [1.29, 1.82) is 0 Å². The van der Waals surface area contributed by atoms with Crippen molar-refractivity contribution < 1.29 is 4.58 Å². The molecule has 0 unspecified atom stereocenters. The summed E-state index contributed by atoms with van der Waals surface area (Å²) in [7, 11) is 3.91. The van der Waals surface area contributed by atoms with E-state index in [0.717, 1.165) is 34.7 Å². The summed E-state index contributed by atoms with van der Waals surface area (Å²) in [6.07, 6.45) is 4.54. The summed E-state index contributed by atoms with van der Waals surface area (Å²) in [4.78, 5) is 19.9. The summed E-state index contributed by atoms with van der Waals surface area (Å²) in [5.74, 6) is 1.69. The Hall–Kier alpha value is -1.49. The Bertz CT molecular complexity index is 778. The largest absolute Gasteiger partial charge is 0.350 e. The fourth-order valence-corrected chi connectivity index (χ4v) is 4.19. The van der Waals surface area contributed by atoms with E-state index in [1.807, 2.05) is 32.5 Å². The number of nitrogens with zero attached hydrogens (tertiary/aromatic N) is 3. The van der Waals surface area contributed by atoms with Crippen molar-refractivity contribution in [3.8, 4) is 0 Å². The topological polar surface area (TPSA) is 37.9 Å². The molecule has 0 fully saturated rings. The van der Waals surface area contributed by atoms with Gasteiger partial charge in [-0.25, -0.2) is 9.78 Å². The van der Waals surface area contributed by atoms with Gasteiger partial charge < -0.3 is 0 Å². The predicted octanol–water partition coefficient (Wildman–Crippen LogP) is 2.18. The third-order valence-electron chi connectivity index (χ3n) is 4.13. The lowest BCUT2D eigenvalue weighted by molar-refractivity contribution is -0.467. The summed E-state index contributed by atoms with van der Waals surface area (Å²) in [6, 6.07) is 0. The molecule has 2 heterocycles. The second-order valence-corrected chi connectivity index (χ2v) is 6.72. The third kappa shape index (κ3) is 1.92. The zero-order valence-electron chi connectivity index (χ0n) is 12.5. The number of thiophene rings is 1. The van der Waals surface area contributed by atoms with Gasteiger partial charge in [-0.15, -0.1) is 15.9 Å². The molecule has 0 saturated carbocycles. The summed E-state index contributed by atoms with van der Waals surface area (Å²) >= 11 is 1.71. The van der Waals surface area contributed by atoms with E-state index in [-0.39, 0.29) is 5.56 Å². The van der Waals surface area contributed by atoms with E-state index in [0.29, 0.717) is 0 Å². The van der Waals surface area contributed by atoms with Gasteiger partial charge in [0.05, 0.1) is 14.1 Å². The lowest BCUT2D eigenvalue weighted by Gasteiger charge is -2.09. The zero-order chi connectivity index (χ0) is 14.4. The quantitative estimate of drug-likeness (QED) is 0.424. The van der Waals surface area contributed by atoms with Crippen molar-refractivity contribution in [2.24, 2.45) is 0 Å². The number of fused-ring (bicyclic) bond motifs is 3. The summed E-state index contributed by atoms with van der Waals surface area (Å²) < 4.78 is 3.70. The van der Waals surface area contributed by atoms with Gasteiger partial charge in [0, 0.05) is 18.7 Å². The number of aromatic nitrogens is 2. The molecule has 20 heavy (non-hydrogen) atoms. The zero-order valence-corrected chi connectivity index (χ0v) is 13.3. The minimum atomic E-state index is 0.0955. The van der Waals surface area contributed by atoms with Crippen molar-refractivity contribution in [1.82, 2.24) is 9.55 Å². The van der Waals surface area contributed by atoms with Crippen LogP contribution in [0.2, 0.25) is 0 Å². The van der Waals surface area contributed by atoms with Crippen LogP contribution in [0.3, 0.4) is 0 Å². The van der Waals surface area contributed by atoms with Crippen LogP contribution in [0.1, 0.15) is 36.0 Å². The predicted molar refractivity (Wildman–Crippen MR) is 83.4 cm³/mol. The molecule has 0 spiro atoms. The van der Waals surface area contributed by atoms with Crippen LogP contribution in [0.4, 0.5) is 0 Å². The Kier molecular flexibility index (Phi) is 3.24. The second kappa shape index (κ2) is 4.81. The Morgan fingerprint density at radius 3 is 2.70 bits per heavy atom. The third-order valence-corrected chi connectivity index (χ3v) is 5.31. The number of hydrogen-bond acceptors (Lipinski definition) is 3. The molecular weight excluding hydrogens is 270 g/mol. The fraction of sp³-hybridized carbons (Fsp3) is 0.533. The Labute approximate surface area is 122 Å². The number of aryl methyl sites for hydroxylation is 3. The second-order valence-electron chi connectivity index (χ2n) is 5.63. The van der Waals surface area contributed by atoms with Crippen molar-refractivity contribution in [3.05, 3.63) is 26.6 Å². The van der Waals surface area contributed by atoms with Crippen LogP contribution >= 0.6 is 11.3 Å². The summed E-state index contributed by atoms with van der Waals surface area (Å²) in [6.45, 7) is 3.87. The molecule has 0 saturated heterocycles. The maximum atomic E-state index is 12.9. The van der Waals surface area contributed by atoms with E-state index in [1.165, 1.54) is 23.3 Å². The van der Waals surface area contributed by atoms with Gasteiger partial charge in [-0.1, -0.05) is 0 Å². The van der Waals surface area contributed by atoms with Crippen LogP contribution in [0.25, 0.3) is 10.2 Å². The van der Waals surface area contributed by atoms with Gasteiger partial charge in [-0.2, -0.15) is 0 Å². The maximum absolute atomic E-state index is 12.9. The van der Waals surface area contributed by atoms with Gasteiger partial charge in [0.2, 0.25) is 5.82 Å². The van der Waals surface area contributed by atoms with E-state index >= 15 is 0 Å². The molecule has 0 N–H and O–H groups in total. The molecule has 0 aliphatic heterocycles. The number of rotatable bonds is 0. The molecule has 5 heteroatoms. The van der Waals surface area contributed by atoms with Crippen LogP contribution in [-0.2, 0) is 12.8 Å². The highest BCUT2D eigenvalue weighted by molar-refractivity contribution is 7.18. The molecule has 0 amide bonds. The highest BCUT2D eigenvalue weighted by atomic mass is 32.1. The van der Waals surface area contributed by atoms with Crippen molar-refractivity contribution >= 4 is 27.4 Å². The lowest BCUT2D eigenvalue weighted by Crippen LogP contribution is -2.33. The molecule has 0 atom stereocenters. The molecule has 1 aliphatic rings. The van der Waals surface area contributed by atoms with Gasteiger partial charge in [0.15, 0.2) is 0 Å². The Morgan fingerprint density at radius 1 is 1.30 bits per heavy atom. The van der Waals surface area contributed by atoms with Crippen molar-refractivity contribution in [2.45, 2.75) is 39.5 Å².